The van der Waals surface area contributed by atoms with E-state index in [2.05, 4.69) is 29.3 Å². The number of carboxylic acid groups (broad SMARTS) is 1. The van der Waals surface area contributed by atoms with E-state index in [1.54, 1.807) is 0 Å². The van der Waals surface area contributed by atoms with Gasteiger partial charge < -0.3 is 10.4 Å². The van der Waals surface area contributed by atoms with Crippen LogP contribution in [0.4, 0.5) is 0 Å². The minimum absolute atomic E-state index is 0.165. The lowest BCUT2D eigenvalue weighted by molar-refractivity contribution is -0.139. The van der Waals surface area contributed by atoms with E-state index in [4.69, 9.17) is 5.11 Å². The van der Waals surface area contributed by atoms with Gasteiger partial charge in [0.05, 0.1) is 6.54 Å². The highest BCUT2D eigenvalue weighted by atomic mass is 32.1. The van der Waals surface area contributed by atoms with Crippen LogP contribution in [0.1, 0.15) is 29.5 Å². The van der Waals surface area contributed by atoms with Gasteiger partial charge in [-0.05, 0) is 38.4 Å². The first kappa shape index (κ1) is 14.5. The average Bonchev–Trinajstić information content (AvgIpc) is 2.71. The molecule has 0 spiro atoms. The summed E-state index contributed by atoms with van der Waals surface area (Å²) in [5.74, 6) is -0.729. The van der Waals surface area contributed by atoms with Gasteiger partial charge in [0.15, 0.2) is 0 Å². The van der Waals surface area contributed by atoms with Gasteiger partial charge in [-0.1, -0.05) is 6.92 Å². The molecule has 1 aromatic rings. The topological polar surface area (TPSA) is 52.6 Å². The molecule has 0 bridgehead atoms. The lowest BCUT2D eigenvalue weighted by Gasteiger charge is -2.42. The Morgan fingerprint density at radius 3 is 2.79 bits per heavy atom. The molecule has 1 aliphatic carbocycles. The SMILES string of the molecule is CCN(CC(=O)O)C1CC(NCc2ccc(C)s2)C1. The van der Waals surface area contributed by atoms with E-state index < -0.39 is 5.97 Å². The fourth-order valence-corrected chi connectivity index (χ4v) is 3.39. The van der Waals surface area contributed by atoms with Crippen LogP contribution >= 0.6 is 11.3 Å². The number of aliphatic carboxylic acids is 1. The number of hydrogen-bond acceptors (Lipinski definition) is 4. The first-order valence-corrected chi connectivity index (χ1v) is 7.64. The van der Waals surface area contributed by atoms with Gasteiger partial charge in [0.2, 0.25) is 0 Å². The van der Waals surface area contributed by atoms with Crippen molar-refractivity contribution < 1.29 is 9.90 Å². The highest BCUT2D eigenvalue weighted by Crippen LogP contribution is 2.26. The summed E-state index contributed by atoms with van der Waals surface area (Å²) in [7, 11) is 0. The molecule has 0 aromatic carbocycles. The third-order valence-electron chi connectivity index (χ3n) is 3.74. The van der Waals surface area contributed by atoms with Gasteiger partial charge >= 0.3 is 5.97 Å². The van der Waals surface area contributed by atoms with Crippen LogP contribution in [0.3, 0.4) is 0 Å². The number of aryl methyl sites for hydroxylation is 1. The maximum atomic E-state index is 10.8. The first-order chi connectivity index (χ1) is 9.08. The third-order valence-corrected chi connectivity index (χ3v) is 4.74. The molecule has 1 heterocycles. The number of nitrogens with one attached hydrogen (secondary N) is 1. The van der Waals surface area contributed by atoms with E-state index in [-0.39, 0.29) is 6.54 Å². The lowest BCUT2D eigenvalue weighted by atomic mass is 9.85. The molecule has 0 saturated heterocycles. The zero-order chi connectivity index (χ0) is 13.8. The molecule has 0 amide bonds. The molecular formula is C14H22N2O2S. The fourth-order valence-electron chi connectivity index (χ4n) is 2.55. The summed E-state index contributed by atoms with van der Waals surface area (Å²) in [5, 5.41) is 12.4. The van der Waals surface area contributed by atoms with Gasteiger partial charge in [-0.15, -0.1) is 11.3 Å². The van der Waals surface area contributed by atoms with Gasteiger partial charge in [0.25, 0.3) is 0 Å². The molecule has 0 atom stereocenters. The Bertz CT molecular complexity index is 427. The second-order valence-corrected chi connectivity index (χ2v) is 6.54. The monoisotopic (exact) mass is 282 g/mol. The Balaban J connectivity index is 1.69. The third kappa shape index (κ3) is 4.03. The molecule has 0 aliphatic heterocycles. The Morgan fingerprint density at radius 1 is 1.53 bits per heavy atom. The predicted octanol–water partition coefficient (Wildman–Crippen LogP) is 2.08. The van der Waals surface area contributed by atoms with Crippen molar-refractivity contribution in [1.82, 2.24) is 10.2 Å². The van der Waals surface area contributed by atoms with Crippen LogP contribution in [0.2, 0.25) is 0 Å². The zero-order valence-electron chi connectivity index (χ0n) is 11.6. The molecular weight excluding hydrogens is 260 g/mol. The maximum Gasteiger partial charge on any atom is 0.317 e. The van der Waals surface area contributed by atoms with Gasteiger partial charge in [0, 0.05) is 28.4 Å². The number of rotatable bonds is 7. The van der Waals surface area contributed by atoms with Gasteiger partial charge in [-0.3, -0.25) is 9.69 Å². The molecule has 1 aliphatic rings. The van der Waals surface area contributed by atoms with E-state index in [9.17, 15) is 4.79 Å². The molecule has 2 N–H and O–H groups in total. The van der Waals surface area contributed by atoms with Gasteiger partial charge in [-0.2, -0.15) is 0 Å². The van der Waals surface area contributed by atoms with Crippen LogP contribution in [0.15, 0.2) is 12.1 Å². The van der Waals surface area contributed by atoms with Gasteiger partial charge in [-0.25, -0.2) is 0 Å². The minimum Gasteiger partial charge on any atom is -0.480 e. The lowest BCUT2D eigenvalue weighted by Crippen LogP contribution is -2.53. The van der Waals surface area contributed by atoms with E-state index in [0.29, 0.717) is 12.1 Å². The molecule has 0 unspecified atom stereocenters. The average molecular weight is 282 g/mol. The number of carbonyl (C=O) groups is 1. The van der Waals surface area contributed by atoms with Gasteiger partial charge in [0.1, 0.15) is 0 Å². The summed E-state index contributed by atoms with van der Waals surface area (Å²) in [6, 6.07) is 5.29. The number of likely N-dealkylation sites (N-methyl/N-ethyl adjacent to an activating group) is 1. The Hall–Kier alpha value is -0.910. The molecule has 2 rings (SSSR count). The Kier molecular flexibility index (Phi) is 4.96. The van der Waals surface area contributed by atoms with Crippen molar-refractivity contribution in [3.8, 4) is 0 Å². The molecule has 5 heteroatoms. The number of nitrogens with zero attached hydrogens (tertiary/aromatic N) is 1. The predicted molar refractivity (Wildman–Crippen MR) is 77.6 cm³/mol. The molecule has 106 valence electrons. The van der Waals surface area contributed by atoms with E-state index in [0.717, 1.165) is 25.9 Å². The molecule has 4 nitrogen and oxygen atoms in total. The zero-order valence-corrected chi connectivity index (χ0v) is 12.4. The van der Waals surface area contributed by atoms with Crippen LogP contribution in [-0.2, 0) is 11.3 Å². The maximum absolute atomic E-state index is 10.8. The Labute approximate surface area is 118 Å². The van der Waals surface area contributed by atoms with Crippen molar-refractivity contribution in [1.29, 1.82) is 0 Å². The van der Waals surface area contributed by atoms with E-state index in [1.165, 1.54) is 9.75 Å². The minimum atomic E-state index is -0.729. The largest absolute Gasteiger partial charge is 0.480 e. The van der Waals surface area contributed by atoms with Crippen molar-refractivity contribution >= 4 is 17.3 Å². The highest BCUT2D eigenvalue weighted by Gasteiger charge is 2.33. The van der Waals surface area contributed by atoms with Crippen molar-refractivity contribution in [2.75, 3.05) is 13.1 Å². The van der Waals surface area contributed by atoms with Crippen molar-refractivity contribution in [2.24, 2.45) is 0 Å². The van der Waals surface area contributed by atoms with Crippen molar-refractivity contribution in [3.63, 3.8) is 0 Å². The first-order valence-electron chi connectivity index (χ1n) is 6.83. The van der Waals surface area contributed by atoms with Crippen LogP contribution in [0, 0.1) is 6.92 Å². The summed E-state index contributed by atoms with van der Waals surface area (Å²) < 4.78 is 0. The normalized spacial score (nSPS) is 22.5. The summed E-state index contributed by atoms with van der Waals surface area (Å²) >= 11 is 1.83. The molecule has 19 heavy (non-hydrogen) atoms. The number of hydrogen-bond donors (Lipinski definition) is 2. The van der Waals surface area contributed by atoms with E-state index >= 15 is 0 Å². The summed E-state index contributed by atoms with van der Waals surface area (Å²) in [6.07, 6.45) is 2.12. The van der Waals surface area contributed by atoms with Crippen LogP contribution in [0.5, 0.6) is 0 Å². The quantitative estimate of drug-likeness (QED) is 0.804. The summed E-state index contributed by atoms with van der Waals surface area (Å²) in [4.78, 5) is 15.5. The van der Waals surface area contributed by atoms with E-state index in [1.807, 2.05) is 18.3 Å². The molecule has 1 aromatic heterocycles. The van der Waals surface area contributed by atoms with Crippen LogP contribution in [0.25, 0.3) is 0 Å². The molecule has 1 saturated carbocycles. The number of thiophene rings is 1. The molecule has 0 radical (unpaired) electrons. The fraction of sp³-hybridized carbons (Fsp3) is 0.643. The highest BCUT2D eigenvalue weighted by molar-refractivity contribution is 7.11. The summed E-state index contributed by atoms with van der Waals surface area (Å²) in [5.41, 5.74) is 0. The Morgan fingerprint density at radius 2 is 2.26 bits per heavy atom. The van der Waals surface area contributed by atoms with Crippen molar-refractivity contribution in [3.05, 3.63) is 21.9 Å². The molecule has 1 fully saturated rings. The summed E-state index contributed by atoms with van der Waals surface area (Å²) in [6.45, 7) is 6.06. The second kappa shape index (κ2) is 6.50. The smallest absolute Gasteiger partial charge is 0.317 e. The number of carboxylic acids is 1. The van der Waals surface area contributed by atoms with Crippen molar-refractivity contribution in [2.45, 2.75) is 45.3 Å². The van der Waals surface area contributed by atoms with Crippen LogP contribution in [-0.4, -0.2) is 41.1 Å². The standard InChI is InChI=1S/C14H22N2O2S/c1-3-16(9-14(17)18)12-6-11(7-12)15-8-13-5-4-10(2)19-13/h4-5,11-12,15H,3,6-9H2,1-2H3,(H,17,18). The second-order valence-electron chi connectivity index (χ2n) is 5.17. The van der Waals surface area contributed by atoms with Crippen LogP contribution < -0.4 is 5.32 Å².